The maximum Gasteiger partial charge on any atom is 0.145 e. The minimum Gasteiger partial charge on any atom is -0.382 e. The van der Waals surface area contributed by atoms with Crippen LogP contribution in [0.4, 0.5) is 5.82 Å². The van der Waals surface area contributed by atoms with Gasteiger partial charge in [0, 0.05) is 17.7 Å². The molecule has 0 amide bonds. The second-order valence-electron chi connectivity index (χ2n) is 4.15. The Morgan fingerprint density at radius 3 is 3.14 bits per heavy atom. The highest BCUT2D eigenvalue weighted by Gasteiger charge is 2.25. The van der Waals surface area contributed by atoms with Gasteiger partial charge in [0.15, 0.2) is 0 Å². The van der Waals surface area contributed by atoms with Gasteiger partial charge in [-0.05, 0) is 31.6 Å². The standard InChI is InChI=1S/C11H17N3/c1-2-3-8-4-5-9(6-8)10-7-11(12)14-13-10/h2,7-9H,1,3-6H2,(H3,12,13,14). The van der Waals surface area contributed by atoms with Gasteiger partial charge in [-0.15, -0.1) is 6.58 Å². The fourth-order valence-corrected chi connectivity index (χ4v) is 2.37. The molecule has 3 nitrogen and oxygen atoms in total. The first-order valence-electron chi connectivity index (χ1n) is 5.21. The van der Waals surface area contributed by atoms with Crippen molar-refractivity contribution in [3.63, 3.8) is 0 Å². The average molecular weight is 191 g/mol. The molecule has 3 heteroatoms. The molecule has 0 aromatic carbocycles. The molecule has 1 aliphatic carbocycles. The van der Waals surface area contributed by atoms with Gasteiger partial charge in [0.2, 0.25) is 0 Å². The van der Waals surface area contributed by atoms with E-state index >= 15 is 0 Å². The number of hydrogen-bond donors (Lipinski definition) is 2. The van der Waals surface area contributed by atoms with Crippen LogP contribution < -0.4 is 5.73 Å². The van der Waals surface area contributed by atoms with Gasteiger partial charge in [-0.25, -0.2) is 0 Å². The lowest BCUT2D eigenvalue weighted by Crippen LogP contribution is -1.95. The Morgan fingerprint density at radius 2 is 2.50 bits per heavy atom. The molecular formula is C11H17N3. The topological polar surface area (TPSA) is 54.7 Å². The first kappa shape index (κ1) is 9.31. The van der Waals surface area contributed by atoms with Crippen molar-refractivity contribution in [3.8, 4) is 0 Å². The number of anilines is 1. The Hall–Kier alpha value is -1.25. The zero-order chi connectivity index (χ0) is 9.97. The minimum absolute atomic E-state index is 0.604. The lowest BCUT2D eigenvalue weighted by atomic mass is 10.00. The third-order valence-corrected chi connectivity index (χ3v) is 3.10. The van der Waals surface area contributed by atoms with Gasteiger partial charge in [0.25, 0.3) is 0 Å². The Labute approximate surface area is 84.4 Å². The van der Waals surface area contributed by atoms with Crippen LogP contribution in [0.1, 0.15) is 37.3 Å². The summed E-state index contributed by atoms with van der Waals surface area (Å²) >= 11 is 0. The largest absolute Gasteiger partial charge is 0.382 e. The van der Waals surface area contributed by atoms with Crippen LogP contribution in [0.15, 0.2) is 18.7 Å². The first-order valence-corrected chi connectivity index (χ1v) is 5.21. The number of H-pyrrole nitrogens is 1. The molecule has 1 aromatic rings. The van der Waals surface area contributed by atoms with Gasteiger partial charge >= 0.3 is 0 Å². The molecule has 1 aromatic heterocycles. The lowest BCUT2D eigenvalue weighted by molar-refractivity contribution is 0.544. The van der Waals surface area contributed by atoms with Crippen LogP contribution in [-0.2, 0) is 0 Å². The van der Waals surface area contributed by atoms with E-state index in [0.29, 0.717) is 11.7 Å². The van der Waals surface area contributed by atoms with E-state index in [4.69, 9.17) is 5.73 Å². The average Bonchev–Trinajstić information content (AvgIpc) is 2.74. The number of aromatic amines is 1. The zero-order valence-electron chi connectivity index (χ0n) is 8.37. The van der Waals surface area contributed by atoms with Crippen molar-refractivity contribution in [2.24, 2.45) is 5.92 Å². The van der Waals surface area contributed by atoms with Crippen LogP contribution in [0.5, 0.6) is 0 Å². The first-order chi connectivity index (χ1) is 6.79. The maximum absolute atomic E-state index is 5.58. The summed E-state index contributed by atoms with van der Waals surface area (Å²) in [6, 6.07) is 1.96. The normalized spacial score (nSPS) is 26.6. The number of nitrogens with zero attached hydrogens (tertiary/aromatic N) is 1. The zero-order valence-corrected chi connectivity index (χ0v) is 8.37. The molecule has 1 saturated carbocycles. The minimum atomic E-state index is 0.604. The van der Waals surface area contributed by atoms with Gasteiger partial charge in [-0.2, -0.15) is 5.10 Å². The van der Waals surface area contributed by atoms with Crippen molar-refractivity contribution < 1.29 is 0 Å². The van der Waals surface area contributed by atoms with Crippen LogP contribution in [0.2, 0.25) is 0 Å². The molecule has 76 valence electrons. The number of allylic oxidation sites excluding steroid dienone is 1. The molecule has 2 atom stereocenters. The SMILES string of the molecule is C=CCC1CCC(c2cc(N)n[nH]2)C1. The summed E-state index contributed by atoms with van der Waals surface area (Å²) in [7, 11) is 0. The third kappa shape index (κ3) is 1.81. The summed E-state index contributed by atoms with van der Waals surface area (Å²) in [6.07, 6.45) is 6.96. The van der Waals surface area contributed by atoms with E-state index in [1.165, 1.54) is 25.0 Å². The van der Waals surface area contributed by atoms with E-state index in [9.17, 15) is 0 Å². The Bertz CT molecular complexity index is 316. The monoisotopic (exact) mass is 191 g/mol. The molecule has 0 spiro atoms. The van der Waals surface area contributed by atoms with Crippen LogP contribution in [0.3, 0.4) is 0 Å². The second-order valence-corrected chi connectivity index (χ2v) is 4.15. The molecule has 1 heterocycles. The Balaban J connectivity index is 1.98. The fraction of sp³-hybridized carbons (Fsp3) is 0.545. The maximum atomic E-state index is 5.58. The molecule has 0 saturated heterocycles. The number of hydrogen-bond acceptors (Lipinski definition) is 2. The fourth-order valence-electron chi connectivity index (χ4n) is 2.37. The van der Waals surface area contributed by atoms with Crippen molar-refractivity contribution in [1.82, 2.24) is 10.2 Å². The Morgan fingerprint density at radius 1 is 1.64 bits per heavy atom. The summed E-state index contributed by atoms with van der Waals surface area (Å²) in [6.45, 7) is 3.79. The highest BCUT2D eigenvalue weighted by molar-refractivity contribution is 5.30. The summed E-state index contributed by atoms with van der Waals surface area (Å²) in [5.74, 6) is 2.04. The molecule has 14 heavy (non-hydrogen) atoms. The number of aromatic nitrogens is 2. The van der Waals surface area contributed by atoms with Crippen molar-refractivity contribution in [2.45, 2.75) is 31.6 Å². The summed E-state index contributed by atoms with van der Waals surface area (Å²) in [5, 5.41) is 6.97. The van der Waals surface area contributed by atoms with E-state index in [-0.39, 0.29) is 0 Å². The third-order valence-electron chi connectivity index (χ3n) is 3.10. The smallest absolute Gasteiger partial charge is 0.145 e. The van der Waals surface area contributed by atoms with Gasteiger partial charge in [0.1, 0.15) is 5.82 Å². The van der Waals surface area contributed by atoms with E-state index in [2.05, 4.69) is 16.8 Å². The molecule has 3 N–H and O–H groups in total. The molecule has 0 aliphatic heterocycles. The van der Waals surface area contributed by atoms with Gasteiger partial charge < -0.3 is 5.73 Å². The van der Waals surface area contributed by atoms with E-state index in [0.717, 1.165) is 12.3 Å². The molecule has 1 aliphatic rings. The highest BCUT2D eigenvalue weighted by Crippen LogP contribution is 2.39. The Kier molecular flexibility index (Phi) is 2.57. The molecular weight excluding hydrogens is 174 g/mol. The summed E-state index contributed by atoms with van der Waals surface area (Å²) in [5.41, 5.74) is 6.78. The predicted octanol–water partition coefficient (Wildman–Crippen LogP) is 2.45. The molecule has 2 rings (SSSR count). The second kappa shape index (κ2) is 3.86. The summed E-state index contributed by atoms with van der Waals surface area (Å²) < 4.78 is 0. The molecule has 1 fully saturated rings. The van der Waals surface area contributed by atoms with E-state index in [1.54, 1.807) is 0 Å². The van der Waals surface area contributed by atoms with E-state index in [1.807, 2.05) is 12.1 Å². The summed E-state index contributed by atoms with van der Waals surface area (Å²) in [4.78, 5) is 0. The van der Waals surface area contributed by atoms with Gasteiger partial charge in [-0.1, -0.05) is 6.08 Å². The molecule has 0 bridgehead atoms. The van der Waals surface area contributed by atoms with Crippen LogP contribution in [0, 0.1) is 5.92 Å². The molecule has 2 unspecified atom stereocenters. The van der Waals surface area contributed by atoms with Crippen molar-refractivity contribution >= 4 is 5.82 Å². The van der Waals surface area contributed by atoms with Crippen molar-refractivity contribution in [3.05, 3.63) is 24.4 Å². The number of nitrogen functional groups attached to an aromatic ring is 1. The van der Waals surface area contributed by atoms with Crippen LogP contribution in [-0.4, -0.2) is 10.2 Å². The predicted molar refractivity (Wildman–Crippen MR) is 57.9 cm³/mol. The number of rotatable bonds is 3. The number of nitrogens with two attached hydrogens (primary N) is 1. The van der Waals surface area contributed by atoms with Crippen LogP contribution >= 0.6 is 0 Å². The molecule has 0 radical (unpaired) electrons. The quantitative estimate of drug-likeness (QED) is 0.721. The van der Waals surface area contributed by atoms with Crippen LogP contribution in [0.25, 0.3) is 0 Å². The van der Waals surface area contributed by atoms with Crippen molar-refractivity contribution in [1.29, 1.82) is 0 Å². The van der Waals surface area contributed by atoms with E-state index < -0.39 is 0 Å². The van der Waals surface area contributed by atoms with Crippen molar-refractivity contribution in [2.75, 3.05) is 5.73 Å². The lowest BCUT2D eigenvalue weighted by Gasteiger charge is -2.07. The van der Waals surface area contributed by atoms with Gasteiger partial charge in [-0.3, -0.25) is 5.10 Å². The van der Waals surface area contributed by atoms with Gasteiger partial charge in [0.05, 0.1) is 0 Å². The number of nitrogens with one attached hydrogen (secondary N) is 1. The highest BCUT2D eigenvalue weighted by atomic mass is 15.2.